The van der Waals surface area contributed by atoms with Gasteiger partial charge in [0.1, 0.15) is 16.6 Å². The van der Waals surface area contributed by atoms with E-state index in [1.807, 2.05) is 5.38 Å². The SMILES string of the molecule is CC(C)OC(=O)c1ccc(N/C=C(\C#N)c2nc(-c3ccc(Cl)cc3Cl)cs2)cc1. The van der Waals surface area contributed by atoms with Gasteiger partial charge in [-0.05, 0) is 56.3 Å². The normalized spacial score (nSPS) is 11.3. The van der Waals surface area contributed by atoms with Crippen LogP contribution >= 0.6 is 34.5 Å². The summed E-state index contributed by atoms with van der Waals surface area (Å²) in [6.45, 7) is 3.60. The zero-order valence-electron chi connectivity index (χ0n) is 16.1. The van der Waals surface area contributed by atoms with Gasteiger partial charge in [0.2, 0.25) is 0 Å². The number of hydrogen-bond acceptors (Lipinski definition) is 6. The molecule has 0 bridgehead atoms. The topological polar surface area (TPSA) is 75.0 Å². The zero-order chi connectivity index (χ0) is 21.7. The summed E-state index contributed by atoms with van der Waals surface area (Å²) in [7, 11) is 0. The average molecular weight is 458 g/mol. The monoisotopic (exact) mass is 457 g/mol. The Morgan fingerprint density at radius 1 is 1.23 bits per heavy atom. The van der Waals surface area contributed by atoms with E-state index in [1.165, 1.54) is 11.3 Å². The Morgan fingerprint density at radius 3 is 2.60 bits per heavy atom. The molecular formula is C22H17Cl2N3O2S. The molecule has 3 rings (SSSR count). The second kappa shape index (κ2) is 9.77. The van der Waals surface area contributed by atoms with Crippen LogP contribution in [0.3, 0.4) is 0 Å². The van der Waals surface area contributed by atoms with E-state index in [9.17, 15) is 10.1 Å². The molecule has 1 heterocycles. The number of thiazole rings is 1. The number of halogens is 2. The van der Waals surface area contributed by atoms with Gasteiger partial charge in [-0.3, -0.25) is 0 Å². The highest BCUT2D eigenvalue weighted by Gasteiger charge is 2.12. The Kier molecular flexibility index (Phi) is 7.11. The number of nitrogens with one attached hydrogen (secondary N) is 1. The molecule has 0 aliphatic rings. The van der Waals surface area contributed by atoms with E-state index < -0.39 is 0 Å². The minimum Gasteiger partial charge on any atom is -0.459 e. The van der Waals surface area contributed by atoms with Crippen LogP contribution in [0.15, 0.2) is 54.0 Å². The first-order valence-electron chi connectivity index (χ1n) is 8.96. The number of esters is 1. The maximum atomic E-state index is 11.9. The standard InChI is InChI=1S/C22H17Cl2N3O2S/c1-13(2)29-22(28)14-3-6-17(7-4-14)26-11-15(10-25)21-27-20(12-30-21)18-8-5-16(23)9-19(18)24/h3-9,11-13,26H,1-2H3/b15-11+. The number of anilines is 1. The number of aromatic nitrogens is 1. The first kappa shape index (κ1) is 21.8. The molecule has 0 aliphatic carbocycles. The number of benzene rings is 2. The molecule has 152 valence electrons. The van der Waals surface area contributed by atoms with Gasteiger partial charge in [-0.2, -0.15) is 5.26 Å². The Morgan fingerprint density at radius 2 is 1.97 bits per heavy atom. The van der Waals surface area contributed by atoms with Gasteiger partial charge in [0, 0.05) is 27.9 Å². The second-order valence-corrected chi connectivity index (χ2v) is 8.21. The predicted octanol–water partition coefficient (Wildman–Crippen LogP) is 6.66. The Hall–Kier alpha value is -2.85. The zero-order valence-corrected chi connectivity index (χ0v) is 18.5. The number of nitrogens with zero attached hydrogens (tertiary/aromatic N) is 2. The molecule has 5 nitrogen and oxygen atoms in total. The van der Waals surface area contributed by atoms with Crippen molar-refractivity contribution in [2.75, 3.05) is 5.32 Å². The summed E-state index contributed by atoms with van der Waals surface area (Å²) < 4.78 is 5.17. The van der Waals surface area contributed by atoms with Crippen molar-refractivity contribution in [3.8, 4) is 17.3 Å². The molecule has 8 heteroatoms. The molecule has 0 aliphatic heterocycles. The van der Waals surface area contributed by atoms with Gasteiger partial charge >= 0.3 is 5.97 Å². The summed E-state index contributed by atoms with van der Waals surface area (Å²) in [5.74, 6) is -0.374. The number of allylic oxidation sites excluding steroid dienone is 1. The van der Waals surface area contributed by atoms with Crippen molar-refractivity contribution in [3.05, 3.63) is 74.7 Å². The summed E-state index contributed by atoms with van der Waals surface area (Å²) in [5.41, 5.74) is 2.98. The van der Waals surface area contributed by atoms with Crippen LogP contribution in [0.4, 0.5) is 5.69 Å². The summed E-state index contributed by atoms with van der Waals surface area (Å²) in [6, 6.07) is 14.1. The first-order valence-corrected chi connectivity index (χ1v) is 10.6. The molecule has 0 unspecified atom stereocenters. The lowest BCUT2D eigenvalue weighted by Gasteiger charge is -2.08. The van der Waals surface area contributed by atoms with E-state index in [1.54, 1.807) is 62.5 Å². The lowest BCUT2D eigenvalue weighted by atomic mass is 10.2. The molecule has 2 aromatic carbocycles. The van der Waals surface area contributed by atoms with Crippen LogP contribution in [0.1, 0.15) is 29.2 Å². The number of hydrogen-bond donors (Lipinski definition) is 1. The third kappa shape index (κ3) is 5.39. The Balaban J connectivity index is 1.75. The van der Waals surface area contributed by atoms with Gasteiger partial charge in [0.05, 0.1) is 22.4 Å². The second-order valence-electron chi connectivity index (χ2n) is 6.51. The van der Waals surface area contributed by atoms with Crippen LogP contribution in [-0.4, -0.2) is 17.1 Å². The maximum absolute atomic E-state index is 11.9. The lowest BCUT2D eigenvalue weighted by molar-refractivity contribution is 0.0378. The van der Waals surface area contributed by atoms with Crippen LogP contribution in [0, 0.1) is 11.3 Å². The predicted molar refractivity (Wildman–Crippen MR) is 122 cm³/mol. The van der Waals surface area contributed by atoms with Crippen molar-refractivity contribution in [1.29, 1.82) is 5.26 Å². The highest BCUT2D eigenvalue weighted by Crippen LogP contribution is 2.32. The number of nitriles is 1. The number of ether oxygens (including phenoxy) is 1. The van der Waals surface area contributed by atoms with Crippen molar-refractivity contribution in [2.45, 2.75) is 20.0 Å². The van der Waals surface area contributed by atoms with Crippen molar-refractivity contribution in [1.82, 2.24) is 4.98 Å². The van der Waals surface area contributed by atoms with E-state index >= 15 is 0 Å². The minimum atomic E-state index is -0.374. The fourth-order valence-electron chi connectivity index (χ4n) is 2.50. The highest BCUT2D eigenvalue weighted by molar-refractivity contribution is 7.11. The number of carbonyl (C=O) groups is 1. The molecule has 0 radical (unpaired) electrons. The molecule has 1 aromatic heterocycles. The molecule has 0 fully saturated rings. The van der Waals surface area contributed by atoms with Crippen LogP contribution in [0.25, 0.3) is 16.8 Å². The van der Waals surface area contributed by atoms with Crippen molar-refractivity contribution in [2.24, 2.45) is 0 Å². The van der Waals surface area contributed by atoms with Gasteiger partial charge in [-0.1, -0.05) is 23.2 Å². The molecule has 1 N–H and O–H groups in total. The molecule has 0 saturated heterocycles. The van der Waals surface area contributed by atoms with Crippen LogP contribution in [0.2, 0.25) is 10.0 Å². The van der Waals surface area contributed by atoms with Crippen LogP contribution in [0.5, 0.6) is 0 Å². The smallest absolute Gasteiger partial charge is 0.338 e. The molecular weight excluding hydrogens is 441 g/mol. The van der Waals surface area contributed by atoms with Gasteiger partial charge < -0.3 is 10.1 Å². The van der Waals surface area contributed by atoms with Crippen molar-refractivity contribution < 1.29 is 9.53 Å². The Bertz CT molecular complexity index is 1130. The molecule has 0 amide bonds. The molecule has 0 atom stereocenters. The van der Waals surface area contributed by atoms with E-state index in [0.717, 1.165) is 11.3 Å². The largest absolute Gasteiger partial charge is 0.459 e. The van der Waals surface area contributed by atoms with Crippen molar-refractivity contribution >= 4 is 51.8 Å². The summed E-state index contributed by atoms with van der Waals surface area (Å²) in [5, 5.41) is 16.0. The van der Waals surface area contributed by atoms with Crippen LogP contribution in [-0.2, 0) is 4.74 Å². The van der Waals surface area contributed by atoms with Gasteiger partial charge in [0.25, 0.3) is 0 Å². The van der Waals surface area contributed by atoms with E-state index in [2.05, 4.69) is 16.4 Å². The minimum absolute atomic E-state index is 0.178. The van der Waals surface area contributed by atoms with Gasteiger partial charge in [-0.25, -0.2) is 9.78 Å². The number of rotatable bonds is 6. The summed E-state index contributed by atoms with van der Waals surface area (Å²) in [6.07, 6.45) is 1.40. The van der Waals surface area contributed by atoms with Gasteiger partial charge in [-0.15, -0.1) is 11.3 Å². The summed E-state index contributed by atoms with van der Waals surface area (Å²) >= 11 is 13.5. The fourth-order valence-corrected chi connectivity index (χ4v) is 3.79. The molecule has 0 saturated carbocycles. The van der Waals surface area contributed by atoms with E-state index in [4.69, 9.17) is 27.9 Å². The van der Waals surface area contributed by atoms with Crippen molar-refractivity contribution in [3.63, 3.8) is 0 Å². The third-order valence-electron chi connectivity index (χ3n) is 3.91. The van der Waals surface area contributed by atoms with Crippen LogP contribution < -0.4 is 5.32 Å². The maximum Gasteiger partial charge on any atom is 0.338 e. The van der Waals surface area contributed by atoms with E-state index in [-0.39, 0.29) is 12.1 Å². The highest BCUT2D eigenvalue weighted by atomic mass is 35.5. The average Bonchev–Trinajstić information content (AvgIpc) is 3.18. The lowest BCUT2D eigenvalue weighted by Crippen LogP contribution is -2.11. The fraction of sp³-hybridized carbons (Fsp3) is 0.136. The molecule has 3 aromatic rings. The molecule has 30 heavy (non-hydrogen) atoms. The molecule has 0 spiro atoms. The summed E-state index contributed by atoms with van der Waals surface area (Å²) in [4.78, 5) is 16.4. The van der Waals surface area contributed by atoms with E-state index in [0.29, 0.717) is 31.9 Å². The van der Waals surface area contributed by atoms with Gasteiger partial charge in [0.15, 0.2) is 0 Å². The number of carbonyl (C=O) groups excluding carboxylic acids is 1. The third-order valence-corrected chi connectivity index (χ3v) is 5.33. The quantitative estimate of drug-likeness (QED) is 0.330. The Labute approximate surface area is 188 Å². The first-order chi connectivity index (χ1) is 14.4.